The molecule has 280 valence electrons. The molecule has 3 saturated carbocycles. The number of carbonyl (C=O) groups excluding carboxylic acids is 3. The maximum absolute atomic E-state index is 12.2. The molecule has 5 aliphatic rings. The van der Waals surface area contributed by atoms with Crippen molar-refractivity contribution in [2.45, 2.75) is 163 Å². The Labute approximate surface area is 298 Å². The zero-order valence-corrected chi connectivity index (χ0v) is 31.6. The zero-order valence-electron chi connectivity index (χ0n) is 31.6. The number of nitrogens with zero attached hydrogens (tertiary/aromatic N) is 3. The molecule has 11 nitrogen and oxygen atoms in total. The fourth-order valence-electron chi connectivity index (χ4n) is 11.1. The Balaban J connectivity index is 1.31. The average molecular weight is 700 g/mol. The van der Waals surface area contributed by atoms with E-state index in [9.17, 15) is 19.9 Å². The van der Waals surface area contributed by atoms with E-state index >= 15 is 0 Å². The molecule has 1 aliphatic heterocycles. The summed E-state index contributed by atoms with van der Waals surface area (Å²) in [6.45, 7) is 15.7. The molecular weight excluding hydrogens is 638 g/mol. The van der Waals surface area contributed by atoms with Gasteiger partial charge in [0.2, 0.25) is 0 Å². The lowest BCUT2D eigenvalue weighted by atomic mass is 9.47. The summed E-state index contributed by atoms with van der Waals surface area (Å²) in [6, 6.07) is -1.13. The Hall–Kier alpha value is -2.62. The van der Waals surface area contributed by atoms with Crippen LogP contribution in [0.15, 0.2) is 16.8 Å². The second-order valence-electron chi connectivity index (χ2n) is 17.0. The summed E-state index contributed by atoms with van der Waals surface area (Å²) < 4.78 is 29.2. The normalized spacial score (nSPS) is 39.9. The third kappa shape index (κ3) is 8.05. The van der Waals surface area contributed by atoms with Gasteiger partial charge in [-0.15, -0.1) is 0 Å². The van der Waals surface area contributed by atoms with Gasteiger partial charge < -0.3 is 23.7 Å². The fourth-order valence-corrected chi connectivity index (χ4v) is 11.1. The lowest BCUT2D eigenvalue weighted by molar-refractivity contribution is -0.285. The molecule has 0 aromatic heterocycles. The molecule has 1 heterocycles. The van der Waals surface area contributed by atoms with Crippen molar-refractivity contribution in [1.82, 2.24) is 0 Å². The molecule has 50 heavy (non-hydrogen) atoms. The highest BCUT2D eigenvalue weighted by Crippen LogP contribution is 2.67. The van der Waals surface area contributed by atoms with Crippen molar-refractivity contribution in [3.8, 4) is 0 Å². The Morgan fingerprint density at radius 3 is 2.34 bits per heavy atom. The van der Waals surface area contributed by atoms with E-state index in [1.807, 2.05) is 0 Å². The van der Waals surface area contributed by atoms with Crippen LogP contribution in [0.4, 0.5) is 0 Å². The monoisotopic (exact) mass is 699 g/mol. The highest BCUT2D eigenvalue weighted by molar-refractivity contribution is 5.68. The number of allylic oxidation sites excluding steroid dienone is 1. The van der Waals surface area contributed by atoms with Gasteiger partial charge in [-0.25, -0.2) is 0 Å². The predicted molar refractivity (Wildman–Crippen MR) is 187 cm³/mol. The molecule has 0 spiro atoms. The fraction of sp³-hybridized carbons (Fsp3) is 0.872. The van der Waals surface area contributed by atoms with Crippen molar-refractivity contribution in [1.29, 1.82) is 0 Å². The number of esters is 3. The van der Waals surface area contributed by atoms with Crippen LogP contribution in [0.1, 0.15) is 126 Å². The SMILES string of the molecule is CC(=O)OC[C@H]1O[C@H](O[C@H]2CC[C@@]3(C)C(=CC[C@H]4[C@@H]5CC[C@H]([C@H](C)CCCC(C)C)[C@@]5(C)CC[C@@H]43)C2)[C@H](N=[N+]=[N-])[C@@H](OC(C)=O)[C@@H]1OC(C)=O. The highest BCUT2D eigenvalue weighted by Gasteiger charge is 2.59. The molecular formula is C39H61N3O8. The molecule has 0 aromatic rings. The molecule has 4 fully saturated rings. The van der Waals surface area contributed by atoms with Crippen LogP contribution >= 0.6 is 0 Å². The van der Waals surface area contributed by atoms with Crippen LogP contribution in [-0.4, -0.2) is 61.3 Å². The quantitative estimate of drug-likeness (QED) is 0.0494. The lowest BCUT2D eigenvalue weighted by Crippen LogP contribution is -2.61. The van der Waals surface area contributed by atoms with Gasteiger partial charge in [-0.05, 0) is 103 Å². The number of carbonyl (C=O) groups is 3. The molecule has 11 heteroatoms. The van der Waals surface area contributed by atoms with Gasteiger partial charge in [-0.1, -0.05) is 70.6 Å². The number of fused-ring (bicyclic) bond motifs is 5. The van der Waals surface area contributed by atoms with Crippen molar-refractivity contribution >= 4 is 17.9 Å². The third-order valence-corrected chi connectivity index (χ3v) is 13.4. The van der Waals surface area contributed by atoms with Crippen molar-refractivity contribution in [3.05, 3.63) is 22.1 Å². The second-order valence-corrected chi connectivity index (χ2v) is 17.0. The van der Waals surface area contributed by atoms with E-state index in [1.165, 1.54) is 71.3 Å². The van der Waals surface area contributed by atoms with E-state index in [4.69, 9.17) is 23.7 Å². The Morgan fingerprint density at radius 2 is 1.68 bits per heavy atom. The number of hydrogen-bond donors (Lipinski definition) is 0. The summed E-state index contributed by atoms with van der Waals surface area (Å²) >= 11 is 0. The third-order valence-electron chi connectivity index (χ3n) is 13.4. The maximum Gasteiger partial charge on any atom is 0.303 e. The summed E-state index contributed by atoms with van der Waals surface area (Å²) in [7, 11) is 0. The number of rotatable bonds is 12. The van der Waals surface area contributed by atoms with E-state index in [1.54, 1.807) is 0 Å². The van der Waals surface area contributed by atoms with E-state index in [0.29, 0.717) is 17.3 Å². The van der Waals surface area contributed by atoms with Gasteiger partial charge >= 0.3 is 17.9 Å². The lowest BCUT2D eigenvalue weighted by Gasteiger charge is -2.58. The molecule has 13 atom stereocenters. The molecule has 4 aliphatic carbocycles. The first kappa shape index (κ1) is 38.6. The van der Waals surface area contributed by atoms with E-state index in [0.717, 1.165) is 49.4 Å². The van der Waals surface area contributed by atoms with Crippen LogP contribution in [0, 0.1) is 46.3 Å². The first-order valence-electron chi connectivity index (χ1n) is 19.2. The van der Waals surface area contributed by atoms with Gasteiger partial charge in [0.05, 0.1) is 6.10 Å². The standard InChI is InChI=1S/C39H61N3O8/c1-22(2)10-9-11-23(3)30-14-15-31-29-13-12-27-20-28(16-18-38(27,7)32(29)17-19-39(30,31)8)49-37-34(41-42-40)36(48-26(6)45)35(47-25(5)44)33(50-37)21-46-24(4)43/h12,22-23,28-37H,9-11,13-21H2,1-8H3/t23-,28+,29+,30-,31+,32+,33-,34-,35-,36-,37+,38+,39-/m1/s1. The summed E-state index contributed by atoms with van der Waals surface area (Å²) in [5, 5.41) is 3.92. The number of hydrogen-bond acceptors (Lipinski definition) is 9. The Bertz CT molecular complexity index is 1330. The number of ether oxygens (including phenoxy) is 5. The summed E-state index contributed by atoms with van der Waals surface area (Å²) in [5.74, 6) is 2.69. The molecule has 0 radical (unpaired) electrons. The van der Waals surface area contributed by atoms with Crippen molar-refractivity contribution in [2.24, 2.45) is 51.5 Å². The molecule has 5 rings (SSSR count). The smallest absolute Gasteiger partial charge is 0.303 e. The molecule has 0 N–H and O–H groups in total. The minimum atomic E-state index is -1.19. The average Bonchev–Trinajstić information content (AvgIpc) is 3.39. The number of azide groups is 1. The predicted octanol–water partition coefficient (Wildman–Crippen LogP) is 8.24. The van der Waals surface area contributed by atoms with Gasteiger partial charge in [0.25, 0.3) is 0 Å². The molecule has 0 amide bonds. The van der Waals surface area contributed by atoms with Gasteiger partial charge in [0.15, 0.2) is 18.5 Å². The van der Waals surface area contributed by atoms with Gasteiger partial charge in [-0.2, -0.15) is 0 Å². The van der Waals surface area contributed by atoms with E-state index < -0.39 is 48.6 Å². The summed E-state index contributed by atoms with van der Waals surface area (Å²) in [5.41, 5.74) is 11.5. The van der Waals surface area contributed by atoms with Gasteiger partial charge in [0, 0.05) is 25.7 Å². The van der Waals surface area contributed by atoms with Crippen molar-refractivity contribution in [3.63, 3.8) is 0 Å². The van der Waals surface area contributed by atoms with Crippen LogP contribution in [0.2, 0.25) is 0 Å². The van der Waals surface area contributed by atoms with Crippen LogP contribution in [0.5, 0.6) is 0 Å². The molecule has 0 aromatic carbocycles. The largest absolute Gasteiger partial charge is 0.463 e. The van der Waals surface area contributed by atoms with Crippen LogP contribution in [0.25, 0.3) is 10.4 Å². The zero-order chi connectivity index (χ0) is 36.4. The van der Waals surface area contributed by atoms with Gasteiger partial charge in [-0.3, -0.25) is 14.4 Å². The summed E-state index contributed by atoms with van der Waals surface area (Å²) in [6.07, 6.45) is 10.8. The maximum atomic E-state index is 12.2. The topological polar surface area (TPSA) is 146 Å². The molecule has 0 unspecified atom stereocenters. The van der Waals surface area contributed by atoms with Crippen molar-refractivity contribution < 1.29 is 38.1 Å². The minimum absolute atomic E-state index is 0.112. The Kier molecular flexibility index (Phi) is 12.3. The first-order chi connectivity index (χ1) is 23.7. The second kappa shape index (κ2) is 16.0. The van der Waals surface area contributed by atoms with Gasteiger partial charge in [0.1, 0.15) is 18.8 Å². The summed E-state index contributed by atoms with van der Waals surface area (Å²) in [4.78, 5) is 39.0. The molecule has 1 saturated heterocycles. The first-order valence-corrected chi connectivity index (χ1v) is 19.2. The van der Waals surface area contributed by atoms with Crippen LogP contribution in [-0.2, 0) is 38.1 Å². The van der Waals surface area contributed by atoms with Crippen molar-refractivity contribution in [2.75, 3.05) is 6.61 Å². The van der Waals surface area contributed by atoms with E-state index in [2.05, 4.69) is 50.7 Å². The minimum Gasteiger partial charge on any atom is -0.463 e. The van der Waals surface area contributed by atoms with Crippen LogP contribution in [0.3, 0.4) is 0 Å². The van der Waals surface area contributed by atoms with Crippen LogP contribution < -0.4 is 0 Å². The molecule has 0 bridgehead atoms. The highest BCUT2D eigenvalue weighted by atomic mass is 16.7. The van der Waals surface area contributed by atoms with E-state index in [-0.39, 0.29) is 18.1 Å². The Morgan fingerprint density at radius 1 is 0.960 bits per heavy atom.